The van der Waals surface area contributed by atoms with Gasteiger partial charge in [0.15, 0.2) is 5.82 Å². The smallest absolute Gasteiger partial charge is 0.239 e. The van der Waals surface area contributed by atoms with Crippen molar-refractivity contribution in [3.8, 4) is 0 Å². The van der Waals surface area contributed by atoms with Crippen molar-refractivity contribution in [1.29, 1.82) is 0 Å². The van der Waals surface area contributed by atoms with Gasteiger partial charge in [0.1, 0.15) is 4.60 Å². The summed E-state index contributed by atoms with van der Waals surface area (Å²) in [5, 5.41) is 6.05. The molecule has 1 amide bonds. The van der Waals surface area contributed by atoms with E-state index in [0.717, 1.165) is 32.6 Å². The summed E-state index contributed by atoms with van der Waals surface area (Å²) in [6, 6.07) is 0. The van der Waals surface area contributed by atoms with Crippen LogP contribution in [0, 0.1) is 0 Å². The fourth-order valence-electron chi connectivity index (χ4n) is 1.82. The Hall–Kier alpha value is -1.05. The largest absolute Gasteiger partial charge is 0.315 e. The molecule has 0 radical (unpaired) electrons. The van der Waals surface area contributed by atoms with Crippen LogP contribution in [0.3, 0.4) is 0 Å². The van der Waals surface area contributed by atoms with Gasteiger partial charge < -0.3 is 10.6 Å². The van der Waals surface area contributed by atoms with Crippen LogP contribution in [0.2, 0.25) is 0 Å². The molecule has 0 atom stereocenters. The molecule has 2 heterocycles. The minimum Gasteiger partial charge on any atom is -0.315 e. The van der Waals surface area contributed by atoms with Gasteiger partial charge in [-0.3, -0.25) is 9.69 Å². The molecule has 2 rings (SSSR count). The highest BCUT2D eigenvalue weighted by Crippen LogP contribution is 2.06. The lowest BCUT2D eigenvalue weighted by atomic mass is 10.4. The third kappa shape index (κ3) is 4.32. The molecule has 7 heteroatoms. The topological polar surface area (TPSA) is 70.2 Å². The Morgan fingerprint density at radius 2 is 2.28 bits per heavy atom. The number of amides is 1. The average molecular weight is 314 g/mol. The Kier molecular flexibility index (Phi) is 5.03. The summed E-state index contributed by atoms with van der Waals surface area (Å²) in [5.41, 5.74) is 0. The Morgan fingerprint density at radius 1 is 1.39 bits per heavy atom. The predicted octanol–water partition coefficient (Wildman–Crippen LogP) is 0.473. The van der Waals surface area contributed by atoms with Gasteiger partial charge in [0, 0.05) is 13.1 Å². The van der Waals surface area contributed by atoms with Gasteiger partial charge in [-0.05, 0) is 35.4 Å². The highest BCUT2D eigenvalue weighted by molar-refractivity contribution is 9.10. The van der Waals surface area contributed by atoms with Crippen molar-refractivity contribution in [3.05, 3.63) is 17.0 Å². The summed E-state index contributed by atoms with van der Waals surface area (Å²) in [5.74, 6) is 0.435. The summed E-state index contributed by atoms with van der Waals surface area (Å²) in [7, 11) is 0. The molecule has 1 aliphatic rings. The average Bonchev–Trinajstić information content (AvgIpc) is 2.61. The van der Waals surface area contributed by atoms with E-state index in [4.69, 9.17) is 0 Å². The molecule has 1 saturated heterocycles. The van der Waals surface area contributed by atoms with Crippen molar-refractivity contribution in [3.63, 3.8) is 0 Å². The van der Waals surface area contributed by atoms with E-state index in [1.807, 2.05) is 0 Å². The van der Waals surface area contributed by atoms with E-state index in [1.165, 1.54) is 6.20 Å². The molecule has 0 saturated carbocycles. The van der Waals surface area contributed by atoms with Crippen LogP contribution in [0.25, 0.3) is 0 Å². The summed E-state index contributed by atoms with van der Waals surface area (Å²) < 4.78 is 0.652. The molecule has 0 aliphatic carbocycles. The van der Waals surface area contributed by atoms with E-state index in [-0.39, 0.29) is 5.91 Å². The molecule has 0 spiro atoms. The zero-order chi connectivity index (χ0) is 12.8. The van der Waals surface area contributed by atoms with Gasteiger partial charge in [0.2, 0.25) is 5.91 Å². The van der Waals surface area contributed by atoms with Crippen molar-refractivity contribution in [2.75, 3.05) is 38.0 Å². The Balaban J connectivity index is 1.82. The fraction of sp³-hybridized carbons (Fsp3) is 0.545. The van der Waals surface area contributed by atoms with Crippen LogP contribution >= 0.6 is 15.9 Å². The number of anilines is 1. The van der Waals surface area contributed by atoms with Gasteiger partial charge in [-0.25, -0.2) is 9.97 Å². The zero-order valence-corrected chi connectivity index (χ0v) is 11.6. The van der Waals surface area contributed by atoms with E-state index < -0.39 is 0 Å². The Labute approximate surface area is 114 Å². The first-order valence-electron chi connectivity index (χ1n) is 5.94. The predicted molar refractivity (Wildman–Crippen MR) is 72.3 cm³/mol. The highest BCUT2D eigenvalue weighted by atomic mass is 79.9. The molecule has 18 heavy (non-hydrogen) atoms. The van der Waals surface area contributed by atoms with Crippen LogP contribution in [0.15, 0.2) is 17.0 Å². The second kappa shape index (κ2) is 6.77. The lowest BCUT2D eigenvalue weighted by molar-refractivity contribution is -0.117. The van der Waals surface area contributed by atoms with Gasteiger partial charge in [-0.1, -0.05) is 0 Å². The number of carbonyl (C=O) groups excluding carboxylic acids is 1. The molecule has 6 nitrogen and oxygen atoms in total. The number of aromatic nitrogens is 2. The van der Waals surface area contributed by atoms with Gasteiger partial charge in [0.05, 0.1) is 18.9 Å². The van der Waals surface area contributed by atoms with Crippen molar-refractivity contribution in [1.82, 2.24) is 20.2 Å². The van der Waals surface area contributed by atoms with E-state index in [1.54, 1.807) is 6.20 Å². The molecular weight excluding hydrogens is 298 g/mol. The fourth-order valence-corrected chi connectivity index (χ4v) is 2.03. The minimum atomic E-state index is -0.0477. The number of carbonyl (C=O) groups is 1. The number of hydrogen-bond donors (Lipinski definition) is 2. The van der Waals surface area contributed by atoms with Gasteiger partial charge in [-0.2, -0.15) is 0 Å². The summed E-state index contributed by atoms with van der Waals surface area (Å²) in [6.45, 7) is 4.22. The lowest BCUT2D eigenvalue weighted by Crippen LogP contribution is -2.35. The van der Waals surface area contributed by atoms with E-state index in [2.05, 4.69) is 41.4 Å². The maximum absolute atomic E-state index is 11.8. The van der Waals surface area contributed by atoms with Crippen molar-refractivity contribution in [2.24, 2.45) is 0 Å². The number of halogens is 1. The first-order chi connectivity index (χ1) is 8.74. The molecule has 0 unspecified atom stereocenters. The van der Waals surface area contributed by atoms with Crippen LogP contribution < -0.4 is 10.6 Å². The molecule has 2 N–H and O–H groups in total. The first kappa shape index (κ1) is 13.4. The first-order valence-corrected chi connectivity index (χ1v) is 6.74. The minimum absolute atomic E-state index is 0.0477. The quantitative estimate of drug-likeness (QED) is 0.849. The normalized spacial score (nSPS) is 17.2. The molecule has 98 valence electrons. The third-order valence-corrected chi connectivity index (χ3v) is 3.10. The van der Waals surface area contributed by atoms with Gasteiger partial charge in [-0.15, -0.1) is 0 Å². The summed E-state index contributed by atoms with van der Waals surface area (Å²) in [4.78, 5) is 22.0. The van der Waals surface area contributed by atoms with Crippen LogP contribution in [0.1, 0.15) is 6.42 Å². The van der Waals surface area contributed by atoms with E-state index >= 15 is 0 Å². The van der Waals surface area contributed by atoms with Crippen LogP contribution in [0.5, 0.6) is 0 Å². The van der Waals surface area contributed by atoms with E-state index in [9.17, 15) is 4.79 Å². The monoisotopic (exact) mass is 313 g/mol. The summed E-state index contributed by atoms with van der Waals surface area (Å²) in [6.07, 6.45) is 4.17. The Bertz CT molecular complexity index is 389. The number of hydrogen-bond acceptors (Lipinski definition) is 5. The molecule has 1 fully saturated rings. The van der Waals surface area contributed by atoms with Gasteiger partial charge >= 0.3 is 0 Å². The summed E-state index contributed by atoms with van der Waals surface area (Å²) >= 11 is 3.20. The van der Waals surface area contributed by atoms with Gasteiger partial charge in [0.25, 0.3) is 0 Å². The lowest BCUT2D eigenvalue weighted by Gasteiger charge is -2.18. The van der Waals surface area contributed by atoms with Crippen molar-refractivity contribution < 1.29 is 4.79 Å². The van der Waals surface area contributed by atoms with E-state index in [0.29, 0.717) is 17.0 Å². The number of rotatable bonds is 3. The zero-order valence-electron chi connectivity index (χ0n) is 10.0. The molecular formula is C11H16BrN5O. The molecule has 0 bridgehead atoms. The number of nitrogens with one attached hydrogen (secondary N) is 2. The molecule has 0 aromatic carbocycles. The molecule has 1 aromatic heterocycles. The highest BCUT2D eigenvalue weighted by Gasteiger charge is 2.13. The number of nitrogens with zero attached hydrogens (tertiary/aromatic N) is 3. The van der Waals surface area contributed by atoms with Crippen LogP contribution in [-0.2, 0) is 4.79 Å². The second-order valence-corrected chi connectivity index (χ2v) is 4.96. The molecule has 1 aliphatic heterocycles. The SMILES string of the molecule is O=C(CN1CCCNCC1)Nc1cnc(Br)cn1. The standard InChI is InChI=1S/C11H16BrN5O/c12-9-6-15-10(7-14-9)16-11(18)8-17-4-1-2-13-3-5-17/h6-7,13H,1-5,8H2,(H,15,16,18). The van der Waals surface area contributed by atoms with Crippen LogP contribution in [-0.4, -0.2) is 53.5 Å². The second-order valence-electron chi connectivity index (χ2n) is 4.15. The van der Waals surface area contributed by atoms with Crippen LogP contribution in [0.4, 0.5) is 5.82 Å². The third-order valence-electron chi connectivity index (χ3n) is 2.69. The Morgan fingerprint density at radius 3 is 3.06 bits per heavy atom. The molecule has 1 aromatic rings. The maximum Gasteiger partial charge on any atom is 0.239 e. The van der Waals surface area contributed by atoms with Crippen molar-refractivity contribution in [2.45, 2.75) is 6.42 Å². The van der Waals surface area contributed by atoms with Crippen molar-refractivity contribution >= 4 is 27.7 Å². The maximum atomic E-state index is 11.8.